The Kier molecular flexibility index (Phi) is 14.7. The van der Waals surface area contributed by atoms with E-state index in [9.17, 15) is 14.7 Å². The van der Waals surface area contributed by atoms with E-state index in [0.717, 1.165) is 0 Å². The van der Waals surface area contributed by atoms with Crippen molar-refractivity contribution in [3.05, 3.63) is 0 Å². The van der Waals surface area contributed by atoms with E-state index in [-0.39, 0.29) is 42.1 Å². The summed E-state index contributed by atoms with van der Waals surface area (Å²) in [6, 6.07) is 0. The minimum absolute atomic E-state index is 0. The molecule has 4 N–H and O–H groups in total. The summed E-state index contributed by atoms with van der Waals surface area (Å²) in [6.07, 6.45) is -0.766. The van der Waals surface area contributed by atoms with Crippen LogP contribution in [0.5, 0.6) is 0 Å². The van der Waals surface area contributed by atoms with Gasteiger partial charge in [-0.1, -0.05) is 0 Å². The minimum atomic E-state index is -1.33. The number of carbonyl (C=O) groups excluding carboxylic acids is 1. The van der Waals surface area contributed by atoms with Crippen LogP contribution in [0, 0.1) is 0 Å². The first-order chi connectivity index (χ1) is 3.63. The fraction of sp³-hybridized carbons (Fsp3) is 0.500. The molecule has 0 unspecified atom stereocenters. The van der Waals surface area contributed by atoms with Crippen LogP contribution in [-0.2, 0) is 9.59 Å². The SMILES string of the molecule is N.O=C([O-])CCC(=O)O.[Na+]. The fourth-order valence-electron chi connectivity index (χ4n) is 0.209. The van der Waals surface area contributed by atoms with Gasteiger partial charge in [0.2, 0.25) is 0 Å². The van der Waals surface area contributed by atoms with Crippen LogP contribution in [0.15, 0.2) is 0 Å². The Labute approximate surface area is 80.3 Å². The van der Waals surface area contributed by atoms with Crippen LogP contribution < -0.4 is 40.8 Å². The van der Waals surface area contributed by atoms with Gasteiger partial charge in [0, 0.05) is 5.97 Å². The maximum atomic E-state index is 9.61. The molecule has 0 aliphatic heterocycles. The number of rotatable bonds is 3. The van der Waals surface area contributed by atoms with Crippen LogP contribution in [-0.4, -0.2) is 17.0 Å². The second-order valence-corrected chi connectivity index (χ2v) is 1.27. The maximum Gasteiger partial charge on any atom is 1.00 e. The molecular formula is C4H8NNaO4. The molecule has 10 heavy (non-hydrogen) atoms. The summed E-state index contributed by atoms with van der Waals surface area (Å²) in [5.41, 5.74) is 0. The predicted octanol–water partition coefficient (Wildman–Crippen LogP) is -4.23. The molecule has 0 amide bonds. The van der Waals surface area contributed by atoms with Gasteiger partial charge < -0.3 is 21.2 Å². The first-order valence-corrected chi connectivity index (χ1v) is 2.04. The second kappa shape index (κ2) is 8.90. The van der Waals surface area contributed by atoms with Gasteiger partial charge in [-0.15, -0.1) is 0 Å². The number of carboxylic acid groups (broad SMARTS) is 2. The van der Waals surface area contributed by atoms with Crippen molar-refractivity contribution >= 4 is 11.9 Å². The van der Waals surface area contributed by atoms with Crippen LogP contribution in [0.25, 0.3) is 0 Å². The number of aliphatic carboxylic acids is 2. The zero-order valence-electron chi connectivity index (χ0n) is 5.79. The molecular weight excluding hydrogens is 149 g/mol. The Morgan fingerprint density at radius 2 is 1.70 bits per heavy atom. The van der Waals surface area contributed by atoms with Crippen molar-refractivity contribution in [3.63, 3.8) is 0 Å². The molecule has 0 aromatic heterocycles. The van der Waals surface area contributed by atoms with Crippen LogP contribution in [0.2, 0.25) is 0 Å². The Balaban J connectivity index is -0.000000245. The van der Waals surface area contributed by atoms with Crippen molar-refractivity contribution in [2.45, 2.75) is 12.8 Å². The monoisotopic (exact) mass is 157 g/mol. The van der Waals surface area contributed by atoms with Crippen molar-refractivity contribution in [2.75, 3.05) is 0 Å². The van der Waals surface area contributed by atoms with Crippen LogP contribution in [0.4, 0.5) is 0 Å². The van der Waals surface area contributed by atoms with Crippen molar-refractivity contribution < 1.29 is 49.4 Å². The first-order valence-electron chi connectivity index (χ1n) is 2.04. The third-order valence-corrected chi connectivity index (χ3v) is 0.543. The largest absolute Gasteiger partial charge is 1.00 e. The van der Waals surface area contributed by atoms with Gasteiger partial charge in [0.15, 0.2) is 0 Å². The molecule has 5 nitrogen and oxygen atoms in total. The van der Waals surface area contributed by atoms with E-state index in [1.807, 2.05) is 0 Å². The van der Waals surface area contributed by atoms with E-state index < -0.39 is 18.4 Å². The topological polar surface area (TPSA) is 112 Å². The Hall–Kier alpha value is -0.100. The normalized spacial score (nSPS) is 6.80. The molecule has 0 aliphatic rings. The molecule has 6 heteroatoms. The zero-order chi connectivity index (χ0) is 6.57. The van der Waals surface area contributed by atoms with Gasteiger partial charge >= 0.3 is 35.5 Å². The van der Waals surface area contributed by atoms with Crippen molar-refractivity contribution in [1.29, 1.82) is 0 Å². The van der Waals surface area contributed by atoms with Gasteiger partial charge in [0.05, 0.1) is 6.42 Å². The molecule has 0 aromatic carbocycles. The van der Waals surface area contributed by atoms with E-state index in [4.69, 9.17) is 5.11 Å². The Bertz CT molecular complexity index is 102. The average Bonchev–Trinajstić information content (AvgIpc) is 1.61. The van der Waals surface area contributed by atoms with Crippen molar-refractivity contribution in [3.8, 4) is 0 Å². The summed E-state index contributed by atoms with van der Waals surface area (Å²) in [6.45, 7) is 0. The molecule has 0 heterocycles. The van der Waals surface area contributed by atoms with Gasteiger partial charge in [-0.3, -0.25) is 4.79 Å². The van der Waals surface area contributed by atoms with Gasteiger partial charge in [-0.2, -0.15) is 0 Å². The number of hydrogen-bond acceptors (Lipinski definition) is 4. The third-order valence-electron chi connectivity index (χ3n) is 0.543. The summed E-state index contributed by atoms with van der Waals surface area (Å²) >= 11 is 0. The summed E-state index contributed by atoms with van der Waals surface area (Å²) in [5, 5.41) is 17.4. The molecule has 0 fully saturated rings. The minimum Gasteiger partial charge on any atom is -0.550 e. The molecule has 0 aromatic rings. The standard InChI is InChI=1S/C4H6O4.H3N.Na/c5-3(6)1-2-4(7)8;;/h1-2H2,(H,5,6)(H,7,8);1H3;/q;;+1/p-1. The zero-order valence-corrected chi connectivity index (χ0v) is 7.79. The number of hydrogen-bond donors (Lipinski definition) is 2. The summed E-state index contributed by atoms with van der Waals surface area (Å²) in [7, 11) is 0. The molecule has 0 aliphatic carbocycles. The number of carboxylic acids is 2. The fourth-order valence-corrected chi connectivity index (χ4v) is 0.209. The summed E-state index contributed by atoms with van der Waals surface area (Å²) in [5.74, 6) is -2.44. The van der Waals surface area contributed by atoms with Crippen LogP contribution >= 0.6 is 0 Å². The van der Waals surface area contributed by atoms with E-state index in [1.54, 1.807) is 0 Å². The Morgan fingerprint density at radius 3 is 1.80 bits per heavy atom. The van der Waals surface area contributed by atoms with Crippen LogP contribution in [0.1, 0.15) is 12.8 Å². The Morgan fingerprint density at radius 1 is 1.30 bits per heavy atom. The molecule has 0 rings (SSSR count). The predicted molar refractivity (Wildman–Crippen MR) is 26.9 cm³/mol. The van der Waals surface area contributed by atoms with Gasteiger partial charge in [-0.05, 0) is 6.42 Å². The molecule has 0 bridgehead atoms. The van der Waals surface area contributed by atoms with Crippen molar-refractivity contribution in [1.82, 2.24) is 6.15 Å². The van der Waals surface area contributed by atoms with Gasteiger partial charge in [0.1, 0.15) is 0 Å². The van der Waals surface area contributed by atoms with Gasteiger partial charge in [-0.25, -0.2) is 0 Å². The summed E-state index contributed by atoms with van der Waals surface area (Å²) < 4.78 is 0. The van der Waals surface area contributed by atoms with E-state index in [0.29, 0.717) is 0 Å². The third kappa shape index (κ3) is 15.7. The van der Waals surface area contributed by atoms with Gasteiger partial charge in [0.25, 0.3) is 0 Å². The average molecular weight is 157 g/mol. The molecule has 0 radical (unpaired) electrons. The number of carbonyl (C=O) groups is 2. The summed E-state index contributed by atoms with van der Waals surface area (Å²) in [4.78, 5) is 19.1. The first kappa shape index (κ1) is 16.5. The second-order valence-electron chi connectivity index (χ2n) is 1.27. The van der Waals surface area contributed by atoms with Crippen LogP contribution in [0.3, 0.4) is 0 Å². The van der Waals surface area contributed by atoms with E-state index in [1.165, 1.54) is 0 Å². The molecule has 0 saturated carbocycles. The molecule has 0 spiro atoms. The maximum absolute atomic E-state index is 9.61. The quantitative estimate of drug-likeness (QED) is 0.403. The van der Waals surface area contributed by atoms with Crippen molar-refractivity contribution in [2.24, 2.45) is 0 Å². The molecule has 54 valence electrons. The smallest absolute Gasteiger partial charge is 0.550 e. The molecule has 0 saturated heterocycles. The van der Waals surface area contributed by atoms with E-state index >= 15 is 0 Å². The molecule has 0 atom stereocenters. The van der Waals surface area contributed by atoms with E-state index in [2.05, 4.69) is 0 Å².